The van der Waals surface area contributed by atoms with E-state index in [4.69, 9.17) is 4.74 Å². The van der Waals surface area contributed by atoms with Gasteiger partial charge in [0.15, 0.2) is 6.61 Å². The second kappa shape index (κ2) is 8.63. The Kier molecular flexibility index (Phi) is 5.75. The van der Waals surface area contributed by atoms with Crippen molar-refractivity contribution in [1.29, 1.82) is 0 Å². The third kappa shape index (κ3) is 4.45. The number of nitrogens with zero attached hydrogens (tertiary/aromatic N) is 2. The van der Waals surface area contributed by atoms with E-state index in [0.717, 1.165) is 31.4 Å². The minimum atomic E-state index is -0.939. The summed E-state index contributed by atoms with van der Waals surface area (Å²) < 4.78 is 33.2. The van der Waals surface area contributed by atoms with Gasteiger partial charge in [-0.05, 0) is 43.2 Å². The van der Waals surface area contributed by atoms with Gasteiger partial charge in [-0.2, -0.15) is 0 Å². The largest absolute Gasteiger partial charge is 0.452 e. The van der Waals surface area contributed by atoms with Crippen LogP contribution in [0.2, 0.25) is 0 Å². The zero-order valence-corrected chi connectivity index (χ0v) is 16.5. The number of aryl methyl sites for hydroxylation is 1. The summed E-state index contributed by atoms with van der Waals surface area (Å²) in [5, 5.41) is 2.62. The summed E-state index contributed by atoms with van der Waals surface area (Å²) in [5.41, 5.74) is 0.171. The monoisotopic (exact) mass is 427 g/mol. The predicted octanol–water partition coefficient (Wildman–Crippen LogP) is 3.20. The van der Waals surface area contributed by atoms with Gasteiger partial charge < -0.3 is 10.1 Å². The van der Waals surface area contributed by atoms with Crippen LogP contribution in [0.1, 0.15) is 35.4 Å². The molecule has 7 nitrogen and oxygen atoms in total. The van der Waals surface area contributed by atoms with Crippen LogP contribution in [-0.4, -0.2) is 28.0 Å². The molecule has 0 radical (unpaired) electrons. The first-order chi connectivity index (χ1) is 14.9. The summed E-state index contributed by atoms with van der Waals surface area (Å²) in [5.74, 6) is -2.58. The topological polar surface area (TPSA) is 90.3 Å². The first kappa shape index (κ1) is 20.6. The summed E-state index contributed by atoms with van der Waals surface area (Å²) in [6, 6.07) is 7.12. The molecule has 2 heterocycles. The van der Waals surface area contributed by atoms with Crippen LogP contribution >= 0.6 is 0 Å². The van der Waals surface area contributed by atoms with E-state index in [-0.39, 0.29) is 16.8 Å². The Hall–Kier alpha value is -3.62. The van der Waals surface area contributed by atoms with E-state index >= 15 is 0 Å². The van der Waals surface area contributed by atoms with E-state index in [0.29, 0.717) is 35.8 Å². The summed E-state index contributed by atoms with van der Waals surface area (Å²) in [4.78, 5) is 41.6. The molecule has 160 valence electrons. The van der Waals surface area contributed by atoms with Gasteiger partial charge in [-0.3, -0.25) is 14.2 Å². The van der Waals surface area contributed by atoms with E-state index in [2.05, 4.69) is 10.3 Å². The lowest BCUT2D eigenvalue weighted by Gasteiger charge is -2.11. The Bertz CT molecular complexity index is 1240. The van der Waals surface area contributed by atoms with Gasteiger partial charge in [0.1, 0.15) is 17.5 Å². The maximum atomic E-state index is 13.6. The number of carbonyl (C=O) groups excluding carboxylic acids is 2. The zero-order valence-electron chi connectivity index (χ0n) is 16.5. The molecule has 1 N–H and O–H groups in total. The van der Waals surface area contributed by atoms with Crippen molar-refractivity contribution < 1.29 is 23.1 Å². The molecule has 0 unspecified atom stereocenters. The smallest absolute Gasteiger partial charge is 0.338 e. The number of esters is 1. The second-order valence-corrected chi connectivity index (χ2v) is 7.28. The SMILES string of the molecule is O=C(COC(=O)c1ccc2c(=O)n3c(nc2c1)CCCCC3)Nc1ccc(F)cc1F. The highest BCUT2D eigenvalue weighted by molar-refractivity contribution is 5.97. The Labute approximate surface area is 175 Å². The third-order valence-corrected chi connectivity index (χ3v) is 5.09. The van der Waals surface area contributed by atoms with Gasteiger partial charge in [0, 0.05) is 19.0 Å². The van der Waals surface area contributed by atoms with Gasteiger partial charge in [-0.25, -0.2) is 18.6 Å². The summed E-state index contributed by atoms with van der Waals surface area (Å²) in [7, 11) is 0. The number of rotatable bonds is 4. The van der Waals surface area contributed by atoms with Crippen LogP contribution in [0, 0.1) is 11.6 Å². The van der Waals surface area contributed by atoms with Gasteiger partial charge in [0.2, 0.25) is 0 Å². The lowest BCUT2D eigenvalue weighted by molar-refractivity contribution is -0.119. The Balaban J connectivity index is 1.47. The van der Waals surface area contributed by atoms with Crippen LogP contribution in [-0.2, 0) is 22.5 Å². The van der Waals surface area contributed by atoms with Crippen LogP contribution in [0.4, 0.5) is 14.5 Å². The van der Waals surface area contributed by atoms with Crippen molar-refractivity contribution >= 4 is 28.5 Å². The molecule has 0 saturated carbocycles. The van der Waals surface area contributed by atoms with E-state index < -0.39 is 30.1 Å². The fourth-order valence-electron chi connectivity index (χ4n) is 3.54. The number of hydrogen-bond donors (Lipinski definition) is 1. The minimum absolute atomic E-state index is 0.137. The zero-order chi connectivity index (χ0) is 22.0. The van der Waals surface area contributed by atoms with Crippen molar-refractivity contribution in [3.05, 3.63) is 69.8 Å². The van der Waals surface area contributed by atoms with Gasteiger partial charge in [0.05, 0.1) is 22.2 Å². The number of amides is 1. The van der Waals surface area contributed by atoms with Gasteiger partial charge in [-0.1, -0.05) is 6.42 Å². The quantitative estimate of drug-likeness (QED) is 0.646. The average Bonchev–Trinajstić information content (AvgIpc) is 2.99. The van der Waals surface area contributed by atoms with Crippen LogP contribution in [0.5, 0.6) is 0 Å². The number of fused-ring (bicyclic) bond motifs is 2. The molecule has 1 aliphatic rings. The number of carbonyl (C=O) groups is 2. The molecule has 1 aliphatic heterocycles. The molecule has 0 spiro atoms. The van der Waals surface area contributed by atoms with Gasteiger partial charge >= 0.3 is 5.97 Å². The molecule has 2 aromatic carbocycles. The third-order valence-electron chi connectivity index (χ3n) is 5.09. The molecule has 0 fully saturated rings. The van der Waals surface area contributed by atoms with E-state index in [1.165, 1.54) is 18.2 Å². The molecule has 3 aromatic rings. The molecule has 1 aromatic heterocycles. The number of anilines is 1. The Morgan fingerprint density at radius 1 is 1.10 bits per heavy atom. The highest BCUT2D eigenvalue weighted by Crippen LogP contribution is 2.17. The van der Waals surface area contributed by atoms with Gasteiger partial charge in [-0.15, -0.1) is 0 Å². The second-order valence-electron chi connectivity index (χ2n) is 7.28. The lowest BCUT2D eigenvalue weighted by Crippen LogP contribution is -2.25. The van der Waals surface area contributed by atoms with Crippen LogP contribution in [0.3, 0.4) is 0 Å². The fraction of sp³-hybridized carbons (Fsp3) is 0.273. The summed E-state index contributed by atoms with van der Waals surface area (Å²) in [6.45, 7) is -0.0291. The van der Waals surface area contributed by atoms with Crippen LogP contribution in [0.25, 0.3) is 10.9 Å². The van der Waals surface area contributed by atoms with Crippen molar-refractivity contribution in [2.45, 2.75) is 32.2 Å². The van der Waals surface area contributed by atoms with Crippen molar-refractivity contribution in [2.24, 2.45) is 0 Å². The minimum Gasteiger partial charge on any atom is -0.452 e. The fourth-order valence-corrected chi connectivity index (χ4v) is 3.54. The van der Waals surface area contributed by atoms with Crippen molar-refractivity contribution in [1.82, 2.24) is 9.55 Å². The molecular formula is C22H19F2N3O4. The molecule has 9 heteroatoms. The number of aromatic nitrogens is 2. The van der Waals surface area contributed by atoms with Crippen LogP contribution < -0.4 is 10.9 Å². The number of benzene rings is 2. The maximum Gasteiger partial charge on any atom is 0.338 e. The average molecular weight is 427 g/mol. The van der Waals surface area contributed by atoms with Gasteiger partial charge in [0.25, 0.3) is 11.5 Å². The van der Waals surface area contributed by atoms with E-state index in [9.17, 15) is 23.2 Å². The van der Waals surface area contributed by atoms with Crippen molar-refractivity contribution in [2.75, 3.05) is 11.9 Å². The Morgan fingerprint density at radius 2 is 1.94 bits per heavy atom. The van der Waals surface area contributed by atoms with Crippen molar-refractivity contribution in [3.63, 3.8) is 0 Å². The number of nitrogens with one attached hydrogen (secondary N) is 1. The molecule has 4 rings (SSSR count). The molecule has 0 saturated heterocycles. The highest BCUT2D eigenvalue weighted by atomic mass is 19.1. The lowest BCUT2D eigenvalue weighted by atomic mass is 10.1. The normalized spacial score (nSPS) is 13.4. The van der Waals surface area contributed by atoms with Crippen molar-refractivity contribution in [3.8, 4) is 0 Å². The molecule has 1 amide bonds. The molecule has 0 atom stereocenters. The van der Waals surface area contributed by atoms with E-state index in [1.807, 2.05) is 0 Å². The van der Waals surface area contributed by atoms with E-state index in [1.54, 1.807) is 4.57 Å². The molecule has 0 aliphatic carbocycles. The molecular weight excluding hydrogens is 408 g/mol. The predicted molar refractivity (Wildman–Crippen MR) is 109 cm³/mol. The number of ether oxygens (including phenoxy) is 1. The number of hydrogen-bond acceptors (Lipinski definition) is 5. The number of halogens is 2. The Morgan fingerprint density at radius 3 is 2.74 bits per heavy atom. The van der Waals surface area contributed by atoms with Crippen LogP contribution in [0.15, 0.2) is 41.2 Å². The first-order valence-corrected chi connectivity index (χ1v) is 9.88. The first-order valence-electron chi connectivity index (χ1n) is 9.88. The molecule has 0 bridgehead atoms. The highest BCUT2D eigenvalue weighted by Gasteiger charge is 2.17. The standard InChI is InChI=1S/C22H19F2N3O4/c23-14-6-8-17(16(24)11-14)26-20(28)12-31-22(30)13-5-7-15-18(10-13)25-19-4-2-1-3-9-27(19)21(15)29/h5-8,10-11H,1-4,9,12H2,(H,26,28). The summed E-state index contributed by atoms with van der Waals surface area (Å²) in [6.07, 6.45) is 3.60. The summed E-state index contributed by atoms with van der Waals surface area (Å²) >= 11 is 0. The molecule has 31 heavy (non-hydrogen) atoms. The maximum absolute atomic E-state index is 13.6.